The summed E-state index contributed by atoms with van der Waals surface area (Å²) in [4.78, 5) is 18.6. The van der Waals surface area contributed by atoms with Crippen LogP contribution in [0.4, 0.5) is 0 Å². The molecular weight excluding hydrogens is 454 g/mol. The molecule has 2 heterocycles. The Labute approximate surface area is 201 Å². The number of carbonyl (C=O) groups excluding carboxylic acids is 1. The number of fused-ring (bicyclic) bond motifs is 1. The molecule has 8 nitrogen and oxygen atoms in total. The molecule has 0 spiro atoms. The van der Waals surface area contributed by atoms with Crippen LogP contribution in [0.5, 0.6) is 5.75 Å². The third kappa shape index (κ3) is 5.84. The second-order valence-corrected chi connectivity index (χ2v) is 10.6. The summed E-state index contributed by atoms with van der Waals surface area (Å²) in [6.07, 6.45) is 6.82. The van der Waals surface area contributed by atoms with E-state index in [0.29, 0.717) is 0 Å². The number of aliphatic hydroxyl groups excluding tert-OH is 1. The number of rotatable bonds is 7. The molecule has 1 aliphatic heterocycles. The highest BCUT2D eigenvalue weighted by atomic mass is 32.2. The fourth-order valence-corrected chi connectivity index (χ4v) is 5.77. The van der Waals surface area contributed by atoms with Gasteiger partial charge in [0, 0.05) is 37.9 Å². The summed E-state index contributed by atoms with van der Waals surface area (Å²) in [5.74, 6) is -0.0757. The van der Waals surface area contributed by atoms with Gasteiger partial charge in [-0.25, -0.2) is 8.42 Å². The normalized spacial score (nSPS) is 21.2. The molecule has 1 aromatic carbocycles. The van der Waals surface area contributed by atoms with E-state index in [2.05, 4.69) is 4.98 Å². The number of carbonyl (C=O) groups is 1. The Bertz CT molecular complexity index is 1120. The van der Waals surface area contributed by atoms with Crippen LogP contribution >= 0.6 is 0 Å². The third-order valence-corrected chi connectivity index (χ3v) is 8.03. The first-order valence-electron chi connectivity index (χ1n) is 11.4. The van der Waals surface area contributed by atoms with Crippen molar-refractivity contribution >= 4 is 22.0 Å². The van der Waals surface area contributed by atoms with Gasteiger partial charge in [-0.2, -0.15) is 4.31 Å². The van der Waals surface area contributed by atoms with Crippen LogP contribution in [-0.4, -0.2) is 72.5 Å². The van der Waals surface area contributed by atoms with E-state index in [1.165, 1.54) is 4.31 Å². The van der Waals surface area contributed by atoms with Crippen molar-refractivity contribution in [3.63, 3.8) is 0 Å². The highest BCUT2D eigenvalue weighted by Crippen LogP contribution is 2.34. The van der Waals surface area contributed by atoms with Crippen molar-refractivity contribution in [3.05, 3.63) is 59.9 Å². The number of ether oxygens (including phenoxy) is 1. The molecule has 1 amide bonds. The van der Waals surface area contributed by atoms with E-state index < -0.39 is 22.2 Å². The van der Waals surface area contributed by atoms with Gasteiger partial charge in [-0.3, -0.25) is 9.78 Å². The van der Waals surface area contributed by atoms with Gasteiger partial charge in [0.25, 0.3) is 0 Å². The lowest BCUT2D eigenvalue weighted by atomic mass is 10.0. The lowest BCUT2D eigenvalue weighted by Crippen LogP contribution is -2.50. The second-order valence-electron chi connectivity index (χ2n) is 8.76. The van der Waals surface area contributed by atoms with Crippen molar-refractivity contribution in [2.75, 3.05) is 26.7 Å². The maximum Gasteiger partial charge on any atom is 0.247 e. The summed E-state index contributed by atoms with van der Waals surface area (Å²) in [5.41, 5.74) is 1.63. The first kappa shape index (κ1) is 25.9. The van der Waals surface area contributed by atoms with Gasteiger partial charge in [0.15, 0.2) is 0 Å². The van der Waals surface area contributed by atoms with Crippen LogP contribution in [0.15, 0.2) is 53.7 Å². The molecule has 0 fully saturated rings. The number of aliphatic hydroxyl groups is 1. The van der Waals surface area contributed by atoms with E-state index in [1.807, 2.05) is 32.1 Å². The summed E-state index contributed by atoms with van der Waals surface area (Å²) in [6, 6.07) is 8.02. The predicted octanol–water partition coefficient (Wildman–Crippen LogP) is 2.58. The van der Waals surface area contributed by atoms with Crippen LogP contribution in [0.3, 0.4) is 0 Å². The molecule has 3 atom stereocenters. The number of pyridine rings is 1. The summed E-state index contributed by atoms with van der Waals surface area (Å²) < 4.78 is 34.6. The molecule has 3 rings (SSSR count). The van der Waals surface area contributed by atoms with Gasteiger partial charge >= 0.3 is 0 Å². The average Bonchev–Trinajstić information content (AvgIpc) is 2.81. The zero-order valence-electron chi connectivity index (χ0n) is 20.1. The van der Waals surface area contributed by atoms with E-state index in [4.69, 9.17) is 4.74 Å². The van der Waals surface area contributed by atoms with Crippen molar-refractivity contribution in [3.8, 4) is 5.75 Å². The lowest BCUT2D eigenvalue weighted by molar-refractivity contribution is -0.130. The van der Waals surface area contributed by atoms with Crippen LogP contribution in [0, 0.1) is 5.92 Å². The lowest BCUT2D eigenvalue weighted by Gasteiger charge is -2.37. The van der Waals surface area contributed by atoms with Crippen molar-refractivity contribution in [1.29, 1.82) is 0 Å². The van der Waals surface area contributed by atoms with Gasteiger partial charge in [0.05, 0.1) is 19.6 Å². The first-order chi connectivity index (χ1) is 16.2. The summed E-state index contributed by atoms with van der Waals surface area (Å²) in [5, 5.41) is 9.75. The van der Waals surface area contributed by atoms with Crippen molar-refractivity contribution in [2.24, 2.45) is 5.92 Å². The monoisotopic (exact) mass is 487 g/mol. The van der Waals surface area contributed by atoms with Crippen LogP contribution < -0.4 is 4.74 Å². The van der Waals surface area contributed by atoms with Gasteiger partial charge < -0.3 is 14.7 Å². The molecular formula is C25H33N3O5S. The predicted molar refractivity (Wildman–Crippen MR) is 131 cm³/mol. The average molecular weight is 488 g/mol. The zero-order valence-corrected chi connectivity index (χ0v) is 20.9. The van der Waals surface area contributed by atoms with Gasteiger partial charge in [0.1, 0.15) is 16.7 Å². The number of hydrogen-bond donors (Lipinski definition) is 1. The van der Waals surface area contributed by atoms with E-state index in [1.54, 1.807) is 55.5 Å². The minimum absolute atomic E-state index is 0.0577. The van der Waals surface area contributed by atoms with Crippen molar-refractivity contribution in [1.82, 2.24) is 14.2 Å². The molecule has 1 N–H and O–H groups in total. The van der Waals surface area contributed by atoms with Crippen LogP contribution in [0.2, 0.25) is 0 Å². The van der Waals surface area contributed by atoms with E-state index in [-0.39, 0.29) is 48.6 Å². The van der Waals surface area contributed by atoms with E-state index in [9.17, 15) is 18.3 Å². The molecule has 1 aromatic heterocycles. The maximum absolute atomic E-state index is 13.5. The molecule has 34 heavy (non-hydrogen) atoms. The van der Waals surface area contributed by atoms with Crippen molar-refractivity contribution < 1.29 is 23.1 Å². The van der Waals surface area contributed by atoms with Gasteiger partial charge in [-0.05, 0) is 43.2 Å². The Morgan fingerprint density at radius 3 is 2.79 bits per heavy atom. The first-order valence-corrected chi connectivity index (χ1v) is 12.8. The molecule has 0 saturated carbocycles. The SMILES string of the molecule is C/C=C/c1ccc2c(c1)O[C@@H](CN(C)C(=O)Cc1cccnc1)[C@@H](C)CN([C@H](C)CO)S2(=O)=O. The zero-order chi connectivity index (χ0) is 24.9. The molecule has 9 heteroatoms. The summed E-state index contributed by atoms with van der Waals surface area (Å²) >= 11 is 0. The molecule has 0 radical (unpaired) electrons. The van der Waals surface area contributed by atoms with Gasteiger partial charge in [-0.15, -0.1) is 0 Å². The molecule has 0 aliphatic carbocycles. The van der Waals surface area contributed by atoms with Crippen molar-refractivity contribution in [2.45, 2.75) is 44.2 Å². The number of amides is 1. The molecule has 0 saturated heterocycles. The Morgan fingerprint density at radius 2 is 2.15 bits per heavy atom. The molecule has 0 unspecified atom stereocenters. The number of hydrogen-bond acceptors (Lipinski definition) is 6. The van der Waals surface area contributed by atoms with Crippen LogP contribution in [-0.2, 0) is 21.2 Å². The molecule has 2 aromatic rings. The molecule has 1 aliphatic rings. The van der Waals surface area contributed by atoms with Gasteiger partial charge in [-0.1, -0.05) is 31.2 Å². The second kappa shape index (κ2) is 11.1. The Kier molecular flexibility index (Phi) is 8.46. The number of allylic oxidation sites excluding steroid dienone is 1. The number of likely N-dealkylation sites (N-methyl/N-ethyl adjacent to an activating group) is 1. The summed E-state index contributed by atoms with van der Waals surface area (Å²) in [6.45, 7) is 5.61. The smallest absolute Gasteiger partial charge is 0.247 e. The Morgan fingerprint density at radius 1 is 1.38 bits per heavy atom. The fraction of sp³-hybridized carbons (Fsp3) is 0.440. The van der Waals surface area contributed by atoms with E-state index in [0.717, 1.165) is 11.1 Å². The highest BCUT2D eigenvalue weighted by molar-refractivity contribution is 7.89. The highest BCUT2D eigenvalue weighted by Gasteiger charge is 2.38. The van der Waals surface area contributed by atoms with E-state index >= 15 is 0 Å². The topological polar surface area (TPSA) is 100 Å². The number of aromatic nitrogens is 1. The summed E-state index contributed by atoms with van der Waals surface area (Å²) in [7, 11) is -2.17. The van der Waals surface area contributed by atoms with Gasteiger partial charge in [0.2, 0.25) is 15.9 Å². The van der Waals surface area contributed by atoms with Crippen LogP contribution in [0.1, 0.15) is 31.9 Å². The largest absolute Gasteiger partial charge is 0.487 e. The number of benzene rings is 1. The minimum atomic E-state index is -3.89. The number of nitrogens with zero attached hydrogens (tertiary/aromatic N) is 3. The number of sulfonamides is 1. The fourth-order valence-electron chi connectivity index (χ4n) is 3.94. The van der Waals surface area contributed by atoms with Crippen LogP contribution in [0.25, 0.3) is 6.08 Å². The standard InChI is InChI=1S/C25H33N3O5S/c1-5-7-20-9-10-24-22(12-20)33-23(18(2)15-28(19(3)17-29)34(24,31)32)16-27(4)25(30)13-21-8-6-11-26-14-21/h5-12,14,18-19,23,29H,13,15-17H2,1-4H3/b7-5+/t18-,19+,23-/m0/s1. The minimum Gasteiger partial charge on any atom is -0.487 e. The Balaban J connectivity index is 1.94. The molecule has 0 bridgehead atoms. The molecule has 184 valence electrons. The Hall–Kier alpha value is -2.75. The quantitative estimate of drug-likeness (QED) is 0.644. The third-order valence-electron chi connectivity index (χ3n) is 6.01. The maximum atomic E-state index is 13.5.